The van der Waals surface area contributed by atoms with Crippen LogP contribution in [0.3, 0.4) is 0 Å². The van der Waals surface area contributed by atoms with Gasteiger partial charge in [0.1, 0.15) is 5.69 Å². The number of carbonyl (C=O) groups is 1. The predicted molar refractivity (Wildman–Crippen MR) is 112 cm³/mol. The number of amides is 1. The maximum Gasteiger partial charge on any atom is 0.271 e. The van der Waals surface area contributed by atoms with Crippen LogP contribution in [-0.2, 0) is 11.3 Å². The van der Waals surface area contributed by atoms with Gasteiger partial charge in [-0.15, -0.1) is 0 Å². The predicted octanol–water partition coefficient (Wildman–Crippen LogP) is 2.09. The Morgan fingerprint density at radius 2 is 1.93 bits per heavy atom. The van der Waals surface area contributed by atoms with E-state index in [1.807, 2.05) is 18.2 Å². The number of benzene rings is 1. The van der Waals surface area contributed by atoms with E-state index >= 15 is 0 Å². The number of methoxy groups -OCH3 is 1. The second-order valence-electron chi connectivity index (χ2n) is 7.63. The summed E-state index contributed by atoms with van der Waals surface area (Å²) in [5.41, 5.74) is 1.18. The summed E-state index contributed by atoms with van der Waals surface area (Å²) in [5, 5.41) is 7.20. The van der Waals surface area contributed by atoms with Crippen LogP contribution in [0.1, 0.15) is 41.9 Å². The molecular weight excluding hydrogens is 368 g/mol. The van der Waals surface area contributed by atoms with Gasteiger partial charge in [-0.2, -0.15) is 5.10 Å². The number of hydrogen-bond acceptors (Lipinski definition) is 5. The van der Waals surface area contributed by atoms with Crippen molar-refractivity contribution in [1.29, 1.82) is 0 Å². The molecule has 7 heteroatoms. The lowest BCUT2D eigenvalue weighted by molar-refractivity contribution is 0.0904. The molecule has 1 aromatic carbocycles. The SMILES string of the molecule is COCCn1nc(C(=O)NCC(c2ccccc2)N2CCC(C)CC2)ccc1=O. The average Bonchev–Trinajstić information content (AvgIpc) is 2.75. The molecule has 0 aliphatic carbocycles. The van der Waals surface area contributed by atoms with Gasteiger partial charge in [-0.3, -0.25) is 14.5 Å². The van der Waals surface area contributed by atoms with Crippen molar-refractivity contribution in [2.24, 2.45) is 5.92 Å². The summed E-state index contributed by atoms with van der Waals surface area (Å²) in [6, 6.07) is 13.3. The molecule has 0 spiro atoms. The van der Waals surface area contributed by atoms with E-state index in [1.54, 1.807) is 7.11 Å². The highest BCUT2D eigenvalue weighted by Gasteiger charge is 2.25. The molecule has 1 N–H and O–H groups in total. The van der Waals surface area contributed by atoms with E-state index in [0.717, 1.165) is 19.0 Å². The molecule has 0 radical (unpaired) electrons. The molecule has 1 atom stereocenters. The van der Waals surface area contributed by atoms with E-state index < -0.39 is 0 Å². The Hall–Kier alpha value is -2.51. The van der Waals surface area contributed by atoms with E-state index in [4.69, 9.17) is 4.74 Å². The number of piperidine rings is 1. The molecule has 2 heterocycles. The Balaban J connectivity index is 1.70. The fourth-order valence-electron chi connectivity index (χ4n) is 3.66. The number of likely N-dealkylation sites (tertiary alicyclic amines) is 1. The van der Waals surface area contributed by atoms with Gasteiger partial charge in [0, 0.05) is 19.7 Å². The van der Waals surface area contributed by atoms with E-state index in [0.29, 0.717) is 19.7 Å². The van der Waals surface area contributed by atoms with E-state index in [-0.39, 0.29) is 23.2 Å². The highest BCUT2D eigenvalue weighted by atomic mass is 16.5. The zero-order valence-corrected chi connectivity index (χ0v) is 17.2. The van der Waals surface area contributed by atoms with Gasteiger partial charge in [0.15, 0.2) is 0 Å². The fraction of sp³-hybridized carbons (Fsp3) is 0.500. The lowest BCUT2D eigenvalue weighted by Crippen LogP contribution is -2.42. The van der Waals surface area contributed by atoms with Crippen LogP contribution in [0.25, 0.3) is 0 Å². The summed E-state index contributed by atoms with van der Waals surface area (Å²) in [5.74, 6) is 0.470. The van der Waals surface area contributed by atoms with Gasteiger partial charge in [-0.25, -0.2) is 4.68 Å². The van der Waals surface area contributed by atoms with E-state index in [1.165, 1.54) is 35.2 Å². The van der Waals surface area contributed by atoms with Crippen LogP contribution in [-0.4, -0.2) is 53.9 Å². The maximum absolute atomic E-state index is 12.7. The first-order chi connectivity index (χ1) is 14.1. The largest absolute Gasteiger partial charge is 0.383 e. The zero-order chi connectivity index (χ0) is 20.6. The quantitative estimate of drug-likeness (QED) is 0.737. The third-order valence-corrected chi connectivity index (χ3v) is 5.51. The molecular formula is C22H30N4O3. The minimum atomic E-state index is -0.275. The molecule has 1 aliphatic rings. The molecule has 1 saturated heterocycles. The molecule has 29 heavy (non-hydrogen) atoms. The smallest absolute Gasteiger partial charge is 0.271 e. The minimum Gasteiger partial charge on any atom is -0.383 e. The molecule has 3 rings (SSSR count). The number of hydrogen-bond donors (Lipinski definition) is 1. The summed E-state index contributed by atoms with van der Waals surface area (Å²) in [4.78, 5) is 27.1. The van der Waals surface area contributed by atoms with Gasteiger partial charge < -0.3 is 10.1 Å². The van der Waals surface area contributed by atoms with Gasteiger partial charge in [0.2, 0.25) is 0 Å². The first kappa shape index (κ1) is 21.2. The molecule has 0 bridgehead atoms. The van der Waals surface area contributed by atoms with Crippen molar-refractivity contribution in [2.45, 2.75) is 32.4 Å². The van der Waals surface area contributed by atoms with Gasteiger partial charge >= 0.3 is 0 Å². The van der Waals surface area contributed by atoms with Gasteiger partial charge in [-0.1, -0.05) is 37.3 Å². The van der Waals surface area contributed by atoms with Crippen LogP contribution < -0.4 is 10.9 Å². The number of rotatable bonds is 8. The topological polar surface area (TPSA) is 76.5 Å². The molecule has 2 aromatic rings. The van der Waals surface area contributed by atoms with Crippen molar-refractivity contribution >= 4 is 5.91 Å². The lowest BCUT2D eigenvalue weighted by Gasteiger charge is -2.37. The standard InChI is InChI=1S/C22H30N4O3/c1-17-10-12-25(13-11-17)20(18-6-4-3-5-7-18)16-23-22(28)19-8-9-21(27)26(24-19)14-15-29-2/h3-9,17,20H,10-16H2,1-2H3,(H,23,28). The number of aromatic nitrogens is 2. The molecule has 1 unspecified atom stereocenters. The number of carbonyl (C=O) groups excluding carboxylic acids is 1. The van der Waals surface area contributed by atoms with Gasteiger partial charge in [-0.05, 0) is 43.5 Å². The Morgan fingerprint density at radius 1 is 1.21 bits per heavy atom. The molecule has 7 nitrogen and oxygen atoms in total. The number of nitrogens with zero attached hydrogens (tertiary/aromatic N) is 3. The van der Waals surface area contributed by atoms with E-state index in [9.17, 15) is 9.59 Å². The highest BCUT2D eigenvalue weighted by molar-refractivity contribution is 5.92. The Morgan fingerprint density at radius 3 is 2.62 bits per heavy atom. The van der Waals surface area contributed by atoms with Crippen LogP contribution >= 0.6 is 0 Å². The summed E-state index contributed by atoms with van der Waals surface area (Å²) in [7, 11) is 1.56. The van der Waals surface area contributed by atoms with Crippen molar-refractivity contribution in [1.82, 2.24) is 20.0 Å². The van der Waals surface area contributed by atoms with Crippen molar-refractivity contribution in [3.63, 3.8) is 0 Å². The third-order valence-electron chi connectivity index (χ3n) is 5.51. The van der Waals surface area contributed by atoms with Crippen molar-refractivity contribution in [3.8, 4) is 0 Å². The summed E-state index contributed by atoms with van der Waals surface area (Å²) >= 11 is 0. The van der Waals surface area contributed by atoms with Crippen molar-refractivity contribution in [2.75, 3.05) is 33.4 Å². The summed E-state index contributed by atoms with van der Waals surface area (Å²) in [6.45, 7) is 5.51. The molecule has 1 amide bonds. The molecule has 0 saturated carbocycles. The highest BCUT2D eigenvalue weighted by Crippen LogP contribution is 2.26. The van der Waals surface area contributed by atoms with Crippen LogP contribution in [0.2, 0.25) is 0 Å². The first-order valence-corrected chi connectivity index (χ1v) is 10.2. The lowest BCUT2D eigenvalue weighted by atomic mass is 9.95. The Bertz CT molecular complexity index is 845. The average molecular weight is 399 g/mol. The molecule has 156 valence electrons. The molecule has 1 fully saturated rings. The summed E-state index contributed by atoms with van der Waals surface area (Å²) in [6.07, 6.45) is 2.34. The van der Waals surface area contributed by atoms with Gasteiger partial charge in [0.05, 0.1) is 19.2 Å². The molecule has 1 aliphatic heterocycles. The maximum atomic E-state index is 12.7. The van der Waals surface area contributed by atoms with Crippen molar-refractivity contribution in [3.05, 3.63) is 64.1 Å². The number of nitrogens with one attached hydrogen (secondary N) is 1. The third kappa shape index (κ3) is 5.74. The van der Waals surface area contributed by atoms with Crippen LogP contribution in [0.4, 0.5) is 0 Å². The van der Waals surface area contributed by atoms with Gasteiger partial charge in [0.25, 0.3) is 11.5 Å². The number of ether oxygens (including phenoxy) is 1. The second kappa shape index (κ2) is 10.3. The van der Waals surface area contributed by atoms with E-state index in [2.05, 4.69) is 34.4 Å². The minimum absolute atomic E-state index is 0.118. The van der Waals surface area contributed by atoms with Crippen LogP contribution in [0, 0.1) is 5.92 Å². The Labute approximate surface area is 171 Å². The zero-order valence-electron chi connectivity index (χ0n) is 17.2. The van der Waals surface area contributed by atoms with Crippen LogP contribution in [0.5, 0.6) is 0 Å². The second-order valence-corrected chi connectivity index (χ2v) is 7.63. The monoisotopic (exact) mass is 398 g/mol. The Kier molecular flexibility index (Phi) is 7.55. The molecule has 1 aromatic heterocycles. The fourth-order valence-corrected chi connectivity index (χ4v) is 3.66. The summed E-state index contributed by atoms with van der Waals surface area (Å²) < 4.78 is 6.26. The van der Waals surface area contributed by atoms with Crippen LogP contribution in [0.15, 0.2) is 47.3 Å². The first-order valence-electron chi connectivity index (χ1n) is 10.2. The van der Waals surface area contributed by atoms with Crippen molar-refractivity contribution < 1.29 is 9.53 Å². The normalized spacial score (nSPS) is 16.5.